The summed E-state index contributed by atoms with van der Waals surface area (Å²) in [7, 11) is 0. The maximum absolute atomic E-state index is 12.5. The zero-order chi connectivity index (χ0) is 17.9. The molecular weight excluding hydrogens is 342 g/mol. The first-order valence-electron chi connectivity index (χ1n) is 9.13. The molecule has 0 aliphatic carbocycles. The molecule has 5 heteroatoms. The number of carbonyl (C=O) groups is 1. The smallest absolute Gasteiger partial charge is 0.223 e. The molecule has 134 valence electrons. The molecule has 3 aromatic rings. The molecular formula is C21H23N3OS. The minimum Gasteiger partial charge on any atom is -0.345 e. The SMILES string of the molecule is Cc1ccc2nc(N3CCN(C(=O)CCc4ccccc4)CC3)sc2c1. The fourth-order valence-electron chi connectivity index (χ4n) is 3.36. The highest BCUT2D eigenvalue weighted by Gasteiger charge is 2.22. The van der Waals surface area contributed by atoms with E-state index in [0.717, 1.165) is 43.2 Å². The van der Waals surface area contributed by atoms with Crippen molar-refractivity contribution < 1.29 is 4.79 Å². The number of nitrogens with zero attached hydrogens (tertiary/aromatic N) is 3. The molecule has 0 N–H and O–H groups in total. The summed E-state index contributed by atoms with van der Waals surface area (Å²) in [5.74, 6) is 0.258. The Labute approximate surface area is 158 Å². The second kappa shape index (κ2) is 7.46. The predicted molar refractivity (Wildman–Crippen MR) is 108 cm³/mol. The number of amides is 1. The van der Waals surface area contributed by atoms with Crippen LogP contribution in [0.15, 0.2) is 48.5 Å². The first-order chi connectivity index (χ1) is 12.7. The molecule has 0 unspecified atom stereocenters. The Balaban J connectivity index is 1.33. The van der Waals surface area contributed by atoms with Crippen molar-refractivity contribution in [3.05, 3.63) is 59.7 Å². The Morgan fingerprint density at radius 1 is 1.08 bits per heavy atom. The van der Waals surface area contributed by atoms with Gasteiger partial charge in [0, 0.05) is 32.6 Å². The van der Waals surface area contributed by atoms with Crippen molar-refractivity contribution >= 4 is 32.6 Å². The molecule has 1 aromatic heterocycles. The molecule has 0 spiro atoms. The number of anilines is 1. The van der Waals surface area contributed by atoms with Crippen LogP contribution >= 0.6 is 11.3 Å². The Kier molecular flexibility index (Phi) is 4.89. The van der Waals surface area contributed by atoms with Gasteiger partial charge in [-0.15, -0.1) is 0 Å². The Morgan fingerprint density at radius 2 is 1.85 bits per heavy atom. The topological polar surface area (TPSA) is 36.4 Å². The van der Waals surface area contributed by atoms with Crippen molar-refractivity contribution in [2.45, 2.75) is 19.8 Å². The molecule has 1 aliphatic heterocycles. The number of carbonyl (C=O) groups excluding carboxylic acids is 1. The molecule has 1 saturated heterocycles. The summed E-state index contributed by atoms with van der Waals surface area (Å²) in [6, 6.07) is 16.6. The third-order valence-electron chi connectivity index (χ3n) is 4.91. The van der Waals surface area contributed by atoms with Crippen LogP contribution in [0.3, 0.4) is 0 Å². The van der Waals surface area contributed by atoms with Gasteiger partial charge in [-0.1, -0.05) is 47.7 Å². The zero-order valence-electron chi connectivity index (χ0n) is 15.0. The molecule has 2 aromatic carbocycles. The van der Waals surface area contributed by atoms with Crippen LogP contribution in [0, 0.1) is 6.92 Å². The molecule has 0 atom stereocenters. The number of thiazole rings is 1. The van der Waals surface area contributed by atoms with Crippen molar-refractivity contribution in [1.82, 2.24) is 9.88 Å². The normalized spacial score (nSPS) is 14.8. The molecule has 1 amide bonds. The van der Waals surface area contributed by atoms with E-state index in [2.05, 4.69) is 42.2 Å². The lowest BCUT2D eigenvalue weighted by Gasteiger charge is -2.34. The summed E-state index contributed by atoms with van der Waals surface area (Å²) >= 11 is 1.75. The highest BCUT2D eigenvalue weighted by atomic mass is 32.1. The van der Waals surface area contributed by atoms with Crippen LogP contribution in [0.4, 0.5) is 5.13 Å². The monoisotopic (exact) mass is 365 g/mol. The number of aryl methyl sites for hydroxylation is 2. The molecule has 4 rings (SSSR count). The lowest BCUT2D eigenvalue weighted by atomic mass is 10.1. The van der Waals surface area contributed by atoms with Crippen LogP contribution < -0.4 is 4.90 Å². The predicted octanol–water partition coefficient (Wildman–Crippen LogP) is 3.89. The van der Waals surface area contributed by atoms with E-state index in [1.165, 1.54) is 15.8 Å². The van der Waals surface area contributed by atoms with E-state index >= 15 is 0 Å². The fourth-order valence-corrected chi connectivity index (χ4v) is 4.47. The maximum Gasteiger partial charge on any atom is 0.223 e. The van der Waals surface area contributed by atoms with Crippen molar-refractivity contribution in [1.29, 1.82) is 0 Å². The van der Waals surface area contributed by atoms with Gasteiger partial charge >= 0.3 is 0 Å². The highest BCUT2D eigenvalue weighted by Crippen LogP contribution is 2.30. The van der Waals surface area contributed by atoms with Gasteiger partial charge in [0.2, 0.25) is 5.91 Å². The summed E-state index contributed by atoms with van der Waals surface area (Å²) in [6.45, 7) is 5.38. The number of fused-ring (bicyclic) bond motifs is 1. The van der Waals surface area contributed by atoms with Gasteiger partial charge in [0.25, 0.3) is 0 Å². The summed E-state index contributed by atoms with van der Waals surface area (Å²) in [4.78, 5) is 21.6. The lowest BCUT2D eigenvalue weighted by molar-refractivity contribution is -0.131. The van der Waals surface area contributed by atoms with Crippen LogP contribution in [0.1, 0.15) is 17.5 Å². The number of rotatable bonds is 4. The lowest BCUT2D eigenvalue weighted by Crippen LogP contribution is -2.48. The number of piperazine rings is 1. The zero-order valence-corrected chi connectivity index (χ0v) is 15.8. The maximum atomic E-state index is 12.5. The first kappa shape index (κ1) is 17.0. The van der Waals surface area contributed by atoms with Gasteiger partial charge < -0.3 is 9.80 Å². The molecule has 0 bridgehead atoms. The second-order valence-electron chi connectivity index (χ2n) is 6.82. The Bertz CT molecular complexity index is 898. The van der Waals surface area contributed by atoms with Crippen molar-refractivity contribution in [3.63, 3.8) is 0 Å². The van der Waals surface area contributed by atoms with Gasteiger partial charge in [-0.05, 0) is 36.6 Å². The summed E-state index contributed by atoms with van der Waals surface area (Å²) in [5.41, 5.74) is 3.56. The largest absolute Gasteiger partial charge is 0.345 e. The van der Waals surface area contributed by atoms with Crippen LogP contribution in [0.2, 0.25) is 0 Å². The van der Waals surface area contributed by atoms with E-state index in [1.54, 1.807) is 11.3 Å². The van der Waals surface area contributed by atoms with Crippen molar-refractivity contribution in [2.75, 3.05) is 31.1 Å². The van der Waals surface area contributed by atoms with Crippen molar-refractivity contribution in [3.8, 4) is 0 Å². The number of hydrogen-bond acceptors (Lipinski definition) is 4. The van der Waals surface area contributed by atoms with Crippen LogP contribution in [0.5, 0.6) is 0 Å². The van der Waals surface area contributed by atoms with Gasteiger partial charge in [-0.2, -0.15) is 0 Å². The average molecular weight is 366 g/mol. The van der Waals surface area contributed by atoms with Gasteiger partial charge in [-0.3, -0.25) is 4.79 Å². The Morgan fingerprint density at radius 3 is 2.62 bits per heavy atom. The van der Waals surface area contributed by atoms with E-state index in [0.29, 0.717) is 6.42 Å². The molecule has 2 heterocycles. The van der Waals surface area contributed by atoms with E-state index in [9.17, 15) is 4.79 Å². The quantitative estimate of drug-likeness (QED) is 0.704. The molecule has 1 aliphatic rings. The van der Waals surface area contributed by atoms with Gasteiger partial charge in [0.1, 0.15) is 0 Å². The minimum absolute atomic E-state index is 0.258. The number of aromatic nitrogens is 1. The standard InChI is InChI=1S/C21H23N3OS/c1-16-7-9-18-19(15-16)26-21(22-18)24-13-11-23(12-14-24)20(25)10-8-17-5-3-2-4-6-17/h2-7,9,15H,8,10-14H2,1H3. The van der Waals surface area contributed by atoms with Crippen LogP contribution in [-0.4, -0.2) is 42.0 Å². The van der Waals surface area contributed by atoms with E-state index in [-0.39, 0.29) is 5.91 Å². The van der Waals surface area contributed by atoms with Gasteiger partial charge in [0.15, 0.2) is 5.13 Å². The highest BCUT2D eigenvalue weighted by molar-refractivity contribution is 7.22. The molecule has 0 saturated carbocycles. The number of benzene rings is 2. The molecule has 4 nitrogen and oxygen atoms in total. The third-order valence-corrected chi connectivity index (χ3v) is 5.98. The summed E-state index contributed by atoms with van der Waals surface area (Å²) in [6.07, 6.45) is 1.40. The van der Waals surface area contributed by atoms with Crippen LogP contribution in [0.25, 0.3) is 10.2 Å². The van der Waals surface area contributed by atoms with Gasteiger partial charge in [0.05, 0.1) is 10.2 Å². The summed E-state index contributed by atoms with van der Waals surface area (Å²) in [5, 5.41) is 1.07. The Hall–Kier alpha value is -2.40. The van der Waals surface area contributed by atoms with E-state index < -0.39 is 0 Å². The van der Waals surface area contributed by atoms with E-state index in [1.807, 2.05) is 23.1 Å². The van der Waals surface area contributed by atoms with E-state index in [4.69, 9.17) is 4.98 Å². The average Bonchev–Trinajstić information content (AvgIpc) is 3.10. The second-order valence-corrected chi connectivity index (χ2v) is 7.83. The number of hydrogen-bond donors (Lipinski definition) is 0. The molecule has 1 fully saturated rings. The minimum atomic E-state index is 0.258. The molecule has 0 radical (unpaired) electrons. The van der Waals surface area contributed by atoms with Crippen LogP contribution in [-0.2, 0) is 11.2 Å². The molecule has 26 heavy (non-hydrogen) atoms. The first-order valence-corrected chi connectivity index (χ1v) is 9.94. The summed E-state index contributed by atoms with van der Waals surface area (Å²) < 4.78 is 1.24. The van der Waals surface area contributed by atoms with Gasteiger partial charge in [-0.25, -0.2) is 4.98 Å². The van der Waals surface area contributed by atoms with Crippen molar-refractivity contribution in [2.24, 2.45) is 0 Å². The third kappa shape index (κ3) is 3.73. The fraction of sp³-hybridized carbons (Fsp3) is 0.333.